The van der Waals surface area contributed by atoms with Gasteiger partial charge >= 0.3 is 0 Å². The number of primary amides is 1. The average molecular weight is 420 g/mol. The summed E-state index contributed by atoms with van der Waals surface area (Å²) >= 11 is 3.33. The molecular weight excluding hydrogens is 402 g/mol. The van der Waals surface area contributed by atoms with E-state index in [1.807, 2.05) is 25.1 Å². The zero-order valence-corrected chi connectivity index (χ0v) is 15.7. The number of rotatable bonds is 8. The van der Waals surface area contributed by atoms with Crippen molar-refractivity contribution in [3.63, 3.8) is 0 Å². The summed E-state index contributed by atoms with van der Waals surface area (Å²) in [5, 5.41) is 3.88. The number of nitrogens with zero attached hydrogens (tertiary/aromatic N) is 1. The summed E-state index contributed by atoms with van der Waals surface area (Å²) in [5.41, 5.74) is 9.10. The van der Waals surface area contributed by atoms with E-state index in [1.165, 1.54) is 6.21 Å². The largest absolute Gasteiger partial charge is 0.483 e. The van der Waals surface area contributed by atoms with Crippen molar-refractivity contribution in [2.45, 2.75) is 6.92 Å². The lowest BCUT2D eigenvalue weighted by Gasteiger charge is -2.07. The maximum Gasteiger partial charge on any atom is 0.277 e. The number of para-hydroxylation sites is 1. The quantitative estimate of drug-likeness (QED) is 0.505. The molecule has 136 valence electrons. The van der Waals surface area contributed by atoms with Gasteiger partial charge in [-0.25, -0.2) is 5.43 Å². The van der Waals surface area contributed by atoms with Crippen LogP contribution in [0, 0.1) is 6.92 Å². The summed E-state index contributed by atoms with van der Waals surface area (Å²) in [5.74, 6) is 0.210. The summed E-state index contributed by atoms with van der Waals surface area (Å²) in [6.07, 6.45) is 1.48. The molecule has 2 aromatic carbocycles. The van der Waals surface area contributed by atoms with Crippen LogP contribution in [0.25, 0.3) is 0 Å². The van der Waals surface area contributed by atoms with Gasteiger partial charge in [0.15, 0.2) is 13.2 Å². The van der Waals surface area contributed by atoms with Crippen LogP contribution >= 0.6 is 15.9 Å². The van der Waals surface area contributed by atoms with Gasteiger partial charge in [-0.1, -0.05) is 18.2 Å². The van der Waals surface area contributed by atoms with E-state index in [9.17, 15) is 9.59 Å². The van der Waals surface area contributed by atoms with Crippen molar-refractivity contribution < 1.29 is 19.1 Å². The molecule has 0 bridgehead atoms. The molecule has 0 aliphatic rings. The summed E-state index contributed by atoms with van der Waals surface area (Å²) in [4.78, 5) is 22.5. The fourth-order valence-electron chi connectivity index (χ4n) is 1.94. The molecule has 0 fully saturated rings. The van der Waals surface area contributed by atoms with Crippen LogP contribution in [0.15, 0.2) is 52.0 Å². The van der Waals surface area contributed by atoms with Crippen molar-refractivity contribution >= 4 is 34.0 Å². The number of hydrazone groups is 1. The van der Waals surface area contributed by atoms with E-state index in [2.05, 4.69) is 26.5 Å². The molecule has 7 nitrogen and oxygen atoms in total. The van der Waals surface area contributed by atoms with Crippen molar-refractivity contribution in [3.05, 3.63) is 58.1 Å². The lowest BCUT2D eigenvalue weighted by molar-refractivity contribution is -0.123. The molecule has 3 N–H and O–H groups in total. The number of halogens is 1. The Morgan fingerprint density at radius 3 is 2.58 bits per heavy atom. The lowest BCUT2D eigenvalue weighted by atomic mass is 10.2. The first-order valence-electron chi connectivity index (χ1n) is 7.66. The third-order valence-corrected chi connectivity index (χ3v) is 3.80. The SMILES string of the molecule is Cc1ccccc1OCC(=O)NN=Cc1ccc(OCC(N)=O)c(Br)c1. The van der Waals surface area contributed by atoms with Crippen molar-refractivity contribution in [2.24, 2.45) is 10.8 Å². The van der Waals surface area contributed by atoms with Crippen molar-refractivity contribution in [2.75, 3.05) is 13.2 Å². The summed E-state index contributed by atoms with van der Waals surface area (Å²) < 4.78 is 11.3. The number of carbonyl (C=O) groups is 2. The van der Waals surface area contributed by atoms with E-state index < -0.39 is 5.91 Å². The lowest BCUT2D eigenvalue weighted by Crippen LogP contribution is -2.24. The number of benzene rings is 2. The van der Waals surface area contributed by atoms with E-state index in [0.717, 1.165) is 11.1 Å². The minimum Gasteiger partial charge on any atom is -0.483 e. The van der Waals surface area contributed by atoms with Gasteiger partial charge in [0.1, 0.15) is 11.5 Å². The minimum absolute atomic E-state index is 0.133. The Kier molecular flexibility index (Phi) is 7.16. The van der Waals surface area contributed by atoms with Crippen molar-refractivity contribution in [1.82, 2.24) is 5.43 Å². The third kappa shape index (κ3) is 6.21. The van der Waals surface area contributed by atoms with Gasteiger partial charge < -0.3 is 15.2 Å². The summed E-state index contributed by atoms with van der Waals surface area (Å²) in [6.45, 7) is 1.56. The Bertz CT molecular complexity index is 824. The van der Waals surface area contributed by atoms with E-state index in [4.69, 9.17) is 15.2 Å². The number of aryl methyl sites for hydroxylation is 1. The maximum absolute atomic E-state index is 11.8. The molecule has 26 heavy (non-hydrogen) atoms. The molecule has 2 aromatic rings. The van der Waals surface area contributed by atoms with Crippen LogP contribution in [0.2, 0.25) is 0 Å². The second-order valence-corrected chi connectivity index (χ2v) is 6.15. The second kappa shape index (κ2) is 9.57. The van der Waals surface area contributed by atoms with Gasteiger partial charge in [0, 0.05) is 0 Å². The molecule has 8 heteroatoms. The number of nitrogens with one attached hydrogen (secondary N) is 1. The molecule has 2 rings (SSSR count). The normalized spacial score (nSPS) is 10.5. The van der Waals surface area contributed by atoms with Crippen LogP contribution < -0.4 is 20.6 Å². The van der Waals surface area contributed by atoms with Gasteiger partial charge in [-0.2, -0.15) is 5.10 Å². The van der Waals surface area contributed by atoms with Crippen LogP contribution in [0.5, 0.6) is 11.5 Å². The topological polar surface area (TPSA) is 103 Å². The minimum atomic E-state index is -0.557. The predicted molar refractivity (Wildman–Crippen MR) is 101 cm³/mol. The van der Waals surface area contributed by atoms with Crippen molar-refractivity contribution in [1.29, 1.82) is 0 Å². The number of ether oxygens (including phenoxy) is 2. The van der Waals surface area contributed by atoms with Crippen LogP contribution in [-0.4, -0.2) is 31.2 Å². The van der Waals surface area contributed by atoms with Gasteiger partial charge in [0.05, 0.1) is 10.7 Å². The zero-order chi connectivity index (χ0) is 18.9. The van der Waals surface area contributed by atoms with Crippen molar-refractivity contribution in [3.8, 4) is 11.5 Å². The Balaban J connectivity index is 1.83. The molecular formula is C18H18BrN3O4. The molecule has 0 unspecified atom stereocenters. The maximum atomic E-state index is 11.8. The van der Waals surface area contributed by atoms with Crippen LogP contribution in [0.4, 0.5) is 0 Å². The molecule has 0 radical (unpaired) electrons. The molecule has 0 aliphatic carbocycles. The molecule has 0 aliphatic heterocycles. The number of amides is 2. The van der Waals surface area contributed by atoms with Crippen LogP contribution in [-0.2, 0) is 9.59 Å². The number of carbonyl (C=O) groups excluding carboxylic acids is 2. The summed E-state index contributed by atoms with van der Waals surface area (Å²) in [7, 11) is 0. The monoisotopic (exact) mass is 419 g/mol. The first-order valence-corrected chi connectivity index (χ1v) is 8.46. The Labute approximate surface area is 159 Å². The van der Waals surface area contributed by atoms with E-state index >= 15 is 0 Å². The summed E-state index contributed by atoms with van der Waals surface area (Å²) in [6, 6.07) is 12.6. The number of hydrogen-bond acceptors (Lipinski definition) is 5. The average Bonchev–Trinajstić information content (AvgIpc) is 2.60. The first kappa shape index (κ1) is 19.5. The second-order valence-electron chi connectivity index (χ2n) is 5.29. The molecule has 0 aromatic heterocycles. The molecule has 0 saturated heterocycles. The predicted octanol–water partition coefficient (Wildman–Crippen LogP) is 2.15. The Morgan fingerprint density at radius 2 is 1.88 bits per heavy atom. The number of hydrogen-bond donors (Lipinski definition) is 2. The standard InChI is InChI=1S/C18H18BrN3O4/c1-12-4-2-3-5-15(12)26-11-18(24)22-21-9-13-6-7-16(14(19)8-13)25-10-17(20)23/h2-9H,10-11H2,1H3,(H2,20,23)(H,22,24). The smallest absolute Gasteiger partial charge is 0.277 e. The first-order chi connectivity index (χ1) is 12.5. The van der Waals surface area contributed by atoms with E-state index in [0.29, 0.717) is 16.0 Å². The van der Waals surface area contributed by atoms with Gasteiger partial charge in [-0.3, -0.25) is 9.59 Å². The van der Waals surface area contributed by atoms with Gasteiger partial charge in [0.25, 0.3) is 11.8 Å². The number of nitrogens with two attached hydrogens (primary N) is 1. The van der Waals surface area contributed by atoms with E-state index in [-0.39, 0.29) is 19.1 Å². The Morgan fingerprint density at radius 1 is 1.15 bits per heavy atom. The van der Waals surface area contributed by atoms with E-state index in [1.54, 1.807) is 24.3 Å². The highest BCUT2D eigenvalue weighted by molar-refractivity contribution is 9.10. The fraction of sp³-hybridized carbons (Fsp3) is 0.167. The fourth-order valence-corrected chi connectivity index (χ4v) is 2.45. The van der Waals surface area contributed by atoms with Crippen LogP contribution in [0.3, 0.4) is 0 Å². The van der Waals surface area contributed by atoms with Gasteiger partial charge in [0.2, 0.25) is 0 Å². The molecule has 0 saturated carbocycles. The highest BCUT2D eigenvalue weighted by Crippen LogP contribution is 2.25. The molecule has 0 atom stereocenters. The molecule has 0 spiro atoms. The Hall–Kier alpha value is -2.87. The third-order valence-electron chi connectivity index (χ3n) is 3.18. The van der Waals surface area contributed by atoms with Gasteiger partial charge in [-0.15, -0.1) is 0 Å². The van der Waals surface area contributed by atoms with Crippen LogP contribution in [0.1, 0.15) is 11.1 Å². The van der Waals surface area contributed by atoms with Gasteiger partial charge in [-0.05, 0) is 58.2 Å². The zero-order valence-electron chi connectivity index (χ0n) is 14.1. The highest BCUT2D eigenvalue weighted by atomic mass is 79.9. The highest BCUT2D eigenvalue weighted by Gasteiger charge is 2.05. The molecule has 0 heterocycles. The molecule has 2 amide bonds.